The highest BCUT2D eigenvalue weighted by atomic mass is 19.1. The van der Waals surface area contributed by atoms with Crippen molar-refractivity contribution in [3.05, 3.63) is 29.6 Å². The summed E-state index contributed by atoms with van der Waals surface area (Å²) < 4.78 is 17.9. The molecule has 0 heterocycles. The van der Waals surface area contributed by atoms with Crippen molar-refractivity contribution >= 4 is 0 Å². The predicted octanol–water partition coefficient (Wildman–Crippen LogP) is 1.18. The van der Waals surface area contributed by atoms with Crippen LogP contribution in [0, 0.1) is 5.82 Å². The molecule has 0 unspecified atom stereocenters. The Bertz CT molecular complexity index is 315. The first-order valence-electron chi connectivity index (χ1n) is 4.41. The van der Waals surface area contributed by atoms with Gasteiger partial charge in [-0.2, -0.15) is 0 Å². The maximum atomic E-state index is 13.0. The van der Waals surface area contributed by atoms with Crippen LogP contribution >= 0.6 is 0 Å². The second-order valence-corrected chi connectivity index (χ2v) is 3.28. The third-order valence-corrected chi connectivity index (χ3v) is 2.13. The molecule has 0 aliphatic rings. The summed E-state index contributed by atoms with van der Waals surface area (Å²) in [6, 6.07) is 4.04. The molecule has 0 saturated heterocycles. The highest BCUT2D eigenvalue weighted by Crippen LogP contribution is 2.22. The molecule has 0 amide bonds. The fourth-order valence-electron chi connectivity index (χ4n) is 1.19. The van der Waals surface area contributed by atoms with Crippen LogP contribution in [0.4, 0.5) is 4.39 Å². The van der Waals surface area contributed by atoms with Crippen LogP contribution in [0.15, 0.2) is 18.2 Å². The van der Waals surface area contributed by atoms with Crippen molar-refractivity contribution in [2.75, 3.05) is 7.11 Å². The monoisotopic (exact) mass is 198 g/mol. The minimum absolute atomic E-state index is 0.176. The van der Waals surface area contributed by atoms with Crippen LogP contribution in [0.5, 0.6) is 5.75 Å². The lowest BCUT2D eigenvalue weighted by Gasteiger charge is -2.16. The number of hydrogen-bond donors (Lipinski definition) is 2. The molecule has 78 valence electrons. The molecule has 1 aromatic rings. The summed E-state index contributed by atoms with van der Waals surface area (Å²) in [5.41, 5.74) is 12.2. The molecule has 0 aromatic heterocycles. The minimum atomic E-state index is -0.395. The normalized spacial score (nSPS) is 14.9. The number of nitrogens with two attached hydrogens (primary N) is 2. The van der Waals surface area contributed by atoms with Gasteiger partial charge in [-0.1, -0.05) is 6.07 Å². The predicted molar refractivity (Wildman–Crippen MR) is 53.5 cm³/mol. The summed E-state index contributed by atoms with van der Waals surface area (Å²) in [5.74, 6) is -0.202. The van der Waals surface area contributed by atoms with E-state index in [9.17, 15) is 4.39 Å². The van der Waals surface area contributed by atoms with Crippen LogP contribution in [0.3, 0.4) is 0 Å². The van der Waals surface area contributed by atoms with Crippen molar-refractivity contribution in [2.24, 2.45) is 11.5 Å². The summed E-state index contributed by atoms with van der Waals surface area (Å²) in [6.45, 7) is 1.81. The fourth-order valence-corrected chi connectivity index (χ4v) is 1.19. The van der Waals surface area contributed by atoms with E-state index in [0.29, 0.717) is 0 Å². The van der Waals surface area contributed by atoms with Crippen molar-refractivity contribution < 1.29 is 9.13 Å². The summed E-state index contributed by atoms with van der Waals surface area (Å²) in [4.78, 5) is 0. The van der Waals surface area contributed by atoms with Crippen LogP contribution in [-0.4, -0.2) is 13.2 Å². The van der Waals surface area contributed by atoms with Gasteiger partial charge in [0.05, 0.1) is 7.11 Å². The zero-order chi connectivity index (χ0) is 10.7. The number of hydrogen-bond acceptors (Lipinski definition) is 3. The first kappa shape index (κ1) is 10.9. The van der Waals surface area contributed by atoms with Gasteiger partial charge in [-0.05, 0) is 24.6 Å². The van der Waals surface area contributed by atoms with Gasteiger partial charge in [-0.3, -0.25) is 0 Å². The molecule has 14 heavy (non-hydrogen) atoms. The molecule has 4 N–H and O–H groups in total. The molecular formula is C10H15FN2O. The number of benzene rings is 1. The first-order chi connectivity index (χ1) is 6.56. The van der Waals surface area contributed by atoms with Crippen LogP contribution in [0.1, 0.15) is 18.5 Å². The Morgan fingerprint density at radius 2 is 2.00 bits per heavy atom. The Labute approximate surface area is 82.9 Å². The van der Waals surface area contributed by atoms with E-state index in [1.165, 1.54) is 13.2 Å². The van der Waals surface area contributed by atoms with Gasteiger partial charge in [-0.25, -0.2) is 4.39 Å². The minimum Gasteiger partial charge on any atom is -0.494 e. The highest BCUT2D eigenvalue weighted by molar-refractivity contribution is 5.32. The summed E-state index contributed by atoms with van der Waals surface area (Å²) in [6.07, 6.45) is 0. The maximum absolute atomic E-state index is 13.0. The van der Waals surface area contributed by atoms with Gasteiger partial charge in [0.2, 0.25) is 0 Å². The first-order valence-corrected chi connectivity index (χ1v) is 4.41. The van der Waals surface area contributed by atoms with Crippen molar-refractivity contribution in [1.29, 1.82) is 0 Å². The average Bonchev–Trinajstić information content (AvgIpc) is 2.17. The van der Waals surface area contributed by atoms with Gasteiger partial charge < -0.3 is 16.2 Å². The van der Waals surface area contributed by atoms with E-state index in [0.717, 1.165) is 5.56 Å². The van der Waals surface area contributed by atoms with E-state index in [1.807, 2.05) is 0 Å². The molecule has 0 spiro atoms. The molecule has 0 aliphatic carbocycles. The highest BCUT2D eigenvalue weighted by Gasteiger charge is 2.13. The van der Waals surface area contributed by atoms with Gasteiger partial charge in [0.1, 0.15) is 0 Å². The standard InChI is InChI=1S/C10H15FN2O/c1-6(12)10(13)7-3-4-8(11)9(5-7)14-2/h3-6,10H,12-13H2,1-2H3/t6-,10+/m0/s1. The Kier molecular flexibility index (Phi) is 3.43. The van der Waals surface area contributed by atoms with Gasteiger partial charge in [0, 0.05) is 12.1 Å². The number of rotatable bonds is 3. The molecule has 2 atom stereocenters. The summed E-state index contributed by atoms with van der Waals surface area (Å²) in [5, 5.41) is 0. The molecule has 0 bridgehead atoms. The lowest BCUT2D eigenvalue weighted by Crippen LogP contribution is -2.31. The van der Waals surface area contributed by atoms with Gasteiger partial charge >= 0.3 is 0 Å². The molecule has 1 rings (SSSR count). The zero-order valence-corrected chi connectivity index (χ0v) is 8.33. The second kappa shape index (κ2) is 4.39. The van der Waals surface area contributed by atoms with Crippen LogP contribution in [0.25, 0.3) is 0 Å². The Morgan fingerprint density at radius 3 is 2.50 bits per heavy atom. The molecule has 3 nitrogen and oxygen atoms in total. The number of methoxy groups -OCH3 is 1. The van der Waals surface area contributed by atoms with Crippen molar-refractivity contribution in [3.63, 3.8) is 0 Å². The third-order valence-electron chi connectivity index (χ3n) is 2.13. The van der Waals surface area contributed by atoms with E-state index in [1.54, 1.807) is 19.1 Å². The fraction of sp³-hybridized carbons (Fsp3) is 0.400. The number of halogens is 1. The van der Waals surface area contributed by atoms with Crippen molar-refractivity contribution in [1.82, 2.24) is 0 Å². The lowest BCUT2D eigenvalue weighted by molar-refractivity contribution is 0.385. The lowest BCUT2D eigenvalue weighted by atomic mass is 10.0. The van der Waals surface area contributed by atoms with Gasteiger partial charge in [0.15, 0.2) is 11.6 Å². The topological polar surface area (TPSA) is 61.3 Å². The van der Waals surface area contributed by atoms with E-state index in [2.05, 4.69) is 0 Å². The zero-order valence-electron chi connectivity index (χ0n) is 8.33. The Balaban J connectivity index is 3.00. The van der Waals surface area contributed by atoms with E-state index in [-0.39, 0.29) is 17.8 Å². The third kappa shape index (κ3) is 2.21. The number of ether oxygens (including phenoxy) is 1. The van der Waals surface area contributed by atoms with Crippen molar-refractivity contribution in [3.8, 4) is 5.75 Å². The quantitative estimate of drug-likeness (QED) is 0.766. The van der Waals surface area contributed by atoms with E-state index < -0.39 is 5.82 Å². The molecule has 1 aromatic carbocycles. The van der Waals surface area contributed by atoms with E-state index >= 15 is 0 Å². The molecular weight excluding hydrogens is 183 g/mol. The largest absolute Gasteiger partial charge is 0.494 e. The molecule has 0 aliphatic heterocycles. The summed E-state index contributed by atoms with van der Waals surface area (Å²) >= 11 is 0. The maximum Gasteiger partial charge on any atom is 0.165 e. The molecule has 0 radical (unpaired) electrons. The smallest absolute Gasteiger partial charge is 0.165 e. The summed E-state index contributed by atoms with van der Waals surface area (Å²) in [7, 11) is 1.42. The van der Waals surface area contributed by atoms with Gasteiger partial charge in [-0.15, -0.1) is 0 Å². The molecule has 0 saturated carbocycles. The van der Waals surface area contributed by atoms with Crippen LogP contribution in [-0.2, 0) is 0 Å². The van der Waals surface area contributed by atoms with E-state index in [4.69, 9.17) is 16.2 Å². The van der Waals surface area contributed by atoms with Crippen LogP contribution in [0.2, 0.25) is 0 Å². The molecule has 0 fully saturated rings. The Hall–Kier alpha value is -1.13. The van der Waals surface area contributed by atoms with Crippen molar-refractivity contribution in [2.45, 2.75) is 19.0 Å². The second-order valence-electron chi connectivity index (χ2n) is 3.28. The molecule has 4 heteroatoms. The Morgan fingerprint density at radius 1 is 1.36 bits per heavy atom. The SMILES string of the molecule is COc1cc([C@H](N)[C@H](C)N)ccc1F. The average molecular weight is 198 g/mol. The van der Waals surface area contributed by atoms with Crippen LogP contribution < -0.4 is 16.2 Å². The van der Waals surface area contributed by atoms with Gasteiger partial charge in [0.25, 0.3) is 0 Å².